The van der Waals surface area contributed by atoms with Gasteiger partial charge in [-0.15, -0.1) is 0 Å². The molecule has 3 heterocycles. The lowest BCUT2D eigenvalue weighted by Crippen LogP contribution is -2.32. The summed E-state index contributed by atoms with van der Waals surface area (Å²) in [5.41, 5.74) is 4.50. The van der Waals surface area contributed by atoms with Crippen LogP contribution in [0.15, 0.2) is 47.0 Å². The van der Waals surface area contributed by atoms with Gasteiger partial charge in [-0.1, -0.05) is 38.1 Å². The van der Waals surface area contributed by atoms with E-state index in [-0.39, 0.29) is 0 Å². The van der Waals surface area contributed by atoms with Gasteiger partial charge in [-0.3, -0.25) is 0 Å². The minimum atomic E-state index is 0.342. The Morgan fingerprint density at radius 3 is 2.72 bits per heavy atom. The van der Waals surface area contributed by atoms with Crippen molar-refractivity contribution in [3.8, 4) is 22.8 Å². The van der Waals surface area contributed by atoms with E-state index in [1.807, 2.05) is 0 Å². The summed E-state index contributed by atoms with van der Waals surface area (Å²) in [7, 11) is 2.06. The first-order chi connectivity index (χ1) is 12.0. The zero-order chi connectivity index (χ0) is 17.3. The van der Waals surface area contributed by atoms with E-state index in [4.69, 9.17) is 9.15 Å². The summed E-state index contributed by atoms with van der Waals surface area (Å²) in [4.78, 5) is 0. The number of hydrogen-bond donors (Lipinski definition) is 0. The Bertz CT molecular complexity index is 1170. The fraction of sp³-hybridized carbons (Fsp3) is 0.227. The maximum Gasteiger partial charge on any atom is 0.257 e. The van der Waals surface area contributed by atoms with Gasteiger partial charge in [0.25, 0.3) is 5.69 Å². The van der Waals surface area contributed by atoms with Crippen LogP contribution in [0.1, 0.15) is 31.1 Å². The van der Waals surface area contributed by atoms with E-state index in [1.54, 1.807) is 0 Å². The van der Waals surface area contributed by atoms with Crippen LogP contribution in [0.25, 0.3) is 33.0 Å². The molecule has 4 aromatic rings. The zero-order valence-electron chi connectivity index (χ0n) is 14.9. The van der Waals surface area contributed by atoms with Crippen LogP contribution in [-0.4, -0.2) is 0 Å². The van der Waals surface area contributed by atoms with Crippen LogP contribution in [0.5, 0.6) is 11.5 Å². The van der Waals surface area contributed by atoms with Gasteiger partial charge in [0.2, 0.25) is 17.5 Å². The molecule has 2 aromatic heterocycles. The van der Waals surface area contributed by atoms with Gasteiger partial charge in [0.05, 0.1) is 10.9 Å². The molecule has 0 radical (unpaired) electrons. The van der Waals surface area contributed by atoms with Crippen LogP contribution >= 0.6 is 0 Å². The number of benzene rings is 2. The Morgan fingerprint density at radius 1 is 1.08 bits per heavy atom. The SMILES string of the molecule is Cc1ccc2cccc3c2c1-c1c(c2cc(C(C)C)oc2c[n+]1C)O3. The molecule has 3 heteroatoms. The quantitative estimate of drug-likeness (QED) is 0.373. The Kier molecular flexibility index (Phi) is 2.82. The summed E-state index contributed by atoms with van der Waals surface area (Å²) in [5, 5.41) is 3.44. The van der Waals surface area contributed by atoms with Crippen LogP contribution in [0.3, 0.4) is 0 Å². The summed E-state index contributed by atoms with van der Waals surface area (Å²) in [6, 6.07) is 12.7. The highest BCUT2D eigenvalue weighted by Gasteiger charge is 2.32. The molecule has 1 aliphatic heterocycles. The molecule has 0 saturated heterocycles. The molecular weight excluding hydrogens is 310 g/mol. The Balaban J connectivity index is 1.95. The molecule has 0 fully saturated rings. The lowest BCUT2D eigenvalue weighted by atomic mass is 9.93. The largest absolute Gasteiger partial charge is 0.454 e. The average Bonchev–Trinajstić information content (AvgIpc) is 3.02. The molecule has 0 unspecified atom stereocenters. The van der Waals surface area contributed by atoms with Crippen molar-refractivity contribution in [3.05, 3.63) is 53.9 Å². The van der Waals surface area contributed by atoms with Crippen molar-refractivity contribution in [1.29, 1.82) is 0 Å². The third kappa shape index (κ3) is 1.89. The number of aromatic nitrogens is 1. The van der Waals surface area contributed by atoms with Crippen LogP contribution in [-0.2, 0) is 7.05 Å². The van der Waals surface area contributed by atoms with Crippen molar-refractivity contribution >= 4 is 21.7 Å². The van der Waals surface area contributed by atoms with E-state index < -0.39 is 0 Å². The van der Waals surface area contributed by atoms with Gasteiger partial charge in [0.15, 0.2) is 0 Å². The number of hydrogen-bond acceptors (Lipinski definition) is 2. The Labute approximate surface area is 146 Å². The average molecular weight is 330 g/mol. The first-order valence-electron chi connectivity index (χ1n) is 8.71. The fourth-order valence-electron chi connectivity index (χ4n) is 3.85. The van der Waals surface area contributed by atoms with Gasteiger partial charge in [-0.25, -0.2) is 0 Å². The maximum absolute atomic E-state index is 6.41. The van der Waals surface area contributed by atoms with Crippen molar-refractivity contribution in [2.75, 3.05) is 0 Å². The Morgan fingerprint density at radius 2 is 1.92 bits per heavy atom. The number of aryl methyl sites for hydroxylation is 2. The lowest BCUT2D eigenvalue weighted by Gasteiger charge is -2.20. The van der Waals surface area contributed by atoms with Crippen molar-refractivity contribution < 1.29 is 13.7 Å². The number of rotatable bonds is 1. The predicted octanol–water partition coefficient (Wildman–Crippen LogP) is 5.62. The summed E-state index contributed by atoms with van der Waals surface area (Å²) in [5.74, 6) is 3.14. The highest BCUT2D eigenvalue weighted by Crippen LogP contribution is 2.49. The van der Waals surface area contributed by atoms with Crippen LogP contribution in [0.2, 0.25) is 0 Å². The standard InChI is InChI=1S/C22H20NO2/c1-12(2)17-10-15-18(24-17)11-23(4)21-19-13(3)8-9-14-6-5-7-16(20(14)19)25-22(15)21/h5-12H,1-4H3/q+1. The smallest absolute Gasteiger partial charge is 0.257 e. The molecule has 0 spiro atoms. The molecule has 0 bridgehead atoms. The summed E-state index contributed by atoms with van der Waals surface area (Å²) < 4.78 is 14.6. The zero-order valence-corrected chi connectivity index (χ0v) is 14.9. The molecule has 124 valence electrons. The highest BCUT2D eigenvalue weighted by molar-refractivity contribution is 6.06. The van der Waals surface area contributed by atoms with E-state index in [1.165, 1.54) is 21.9 Å². The minimum Gasteiger partial charge on any atom is -0.454 e. The van der Waals surface area contributed by atoms with Gasteiger partial charge < -0.3 is 9.15 Å². The predicted molar refractivity (Wildman–Crippen MR) is 99.2 cm³/mol. The van der Waals surface area contributed by atoms with Gasteiger partial charge in [0, 0.05) is 11.3 Å². The molecule has 3 nitrogen and oxygen atoms in total. The number of ether oxygens (including phenoxy) is 1. The molecule has 0 aliphatic carbocycles. The van der Waals surface area contributed by atoms with E-state index >= 15 is 0 Å². The highest BCUT2D eigenvalue weighted by atomic mass is 16.5. The van der Waals surface area contributed by atoms with Crippen molar-refractivity contribution in [2.24, 2.45) is 7.05 Å². The fourth-order valence-corrected chi connectivity index (χ4v) is 3.85. The molecule has 0 amide bonds. The lowest BCUT2D eigenvalue weighted by molar-refractivity contribution is -0.659. The van der Waals surface area contributed by atoms with Crippen molar-refractivity contribution in [1.82, 2.24) is 0 Å². The van der Waals surface area contributed by atoms with Crippen LogP contribution in [0, 0.1) is 6.92 Å². The molecule has 0 saturated carbocycles. The number of furan rings is 1. The summed E-state index contributed by atoms with van der Waals surface area (Å²) in [6.45, 7) is 6.45. The molecule has 25 heavy (non-hydrogen) atoms. The second-order valence-corrected chi connectivity index (χ2v) is 7.21. The normalized spacial score (nSPS) is 12.7. The van der Waals surface area contributed by atoms with Crippen LogP contribution < -0.4 is 9.30 Å². The molecule has 1 aliphatic rings. The molecular formula is C22H20NO2+. The third-order valence-corrected chi connectivity index (χ3v) is 5.14. The topological polar surface area (TPSA) is 26.2 Å². The van der Waals surface area contributed by atoms with Crippen LogP contribution in [0.4, 0.5) is 0 Å². The van der Waals surface area contributed by atoms with Gasteiger partial charge in [-0.05, 0) is 30.0 Å². The van der Waals surface area contributed by atoms with Crippen molar-refractivity contribution in [2.45, 2.75) is 26.7 Å². The summed E-state index contributed by atoms with van der Waals surface area (Å²) >= 11 is 0. The van der Waals surface area contributed by atoms with E-state index in [0.717, 1.165) is 33.9 Å². The second kappa shape index (κ2) is 4.85. The second-order valence-electron chi connectivity index (χ2n) is 7.21. The maximum atomic E-state index is 6.41. The molecule has 0 atom stereocenters. The van der Waals surface area contributed by atoms with E-state index in [0.29, 0.717) is 5.92 Å². The van der Waals surface area contributed by atoms with Gasteiger partial charge in [0.1, 0.15) is 18.6 Å². The number of pyridine rings is 1. The van der Waals surface area contributed by atoms with E-state index in [9.17, 15) is 0 Å². The van der Waals surface area contributed by atoms with Gasteiger partial charge in [-0.2, -0.15) is 4.57 Å². The minimum absolute atomic E-state index is 0.342. The molecule has 0 N–H and O–H groups in total. The van der Waals surface area contributed by atoms with E-state index in [2.05, 4.69) is 75.0 Å². The van der Waals surface area contributed by atoms with Crippen molar-refractivity contribution in [3.63, 3.8) is 0 Å². The number of nitrogens with zero attached hydrogens (tertiary/aromatic N) is 1. The monoisotopic (exact) mass is 330 g/mol. The van der Waals surface area contributed by atoms with Gasteiger partial charge >= 0.3 is 0 Å². The first-order valence-corrected chi connectivity index (χ1v) is 8.71. The number of fused-ring (bicyclic) bond motifs is 4. The summed E-state index contributed by atoms with van der Waals surface area (Å²) in [6.07, 6.45) is 2.07. The molecule has 2 aromatic carbocycles. The molecule has 5 rings (SSSR count). The third-order valence-electron chi connectivity index (χ3n) is 5.14. The Hall–Kier alpha value is -2.81. The first kappa shape index (κ1) is 14.5.